The molecule has 0 aromatic rings. The first kappa shape index (κ1) is 27.0. The average Bonchev–Trinajstić information content (AvgIpc) is 2.41. The fraction of sp³-hybridized carbons (Fsp3) is 0.714. The molecule has 0 fully saturated rings. The van der Waals surface area contributed by atoms with Gasteiger partial charge in [0.1, 0.15) is 0 Å². The van der Waals surface area contributed by atoms with Crippen LogP contribution in [0.25, 0.3) is 0 Å². The largest absolute Gasteiger partial charge is 0.103 e. The Balaban J connectivity index is 5.42. The zero-order chi connectivity index (χ0) is 22.4. The summed E-state index contributed by atoms with van der Waals surface area (Å²) in [6.45, 7) is 31.9. The molecule has 0 atom stereocenters. The molecule has 0 aliphatic rings. The Kier molecular flexibility index (Phi) is 9.75. The summed E-state index contributed by atoms with van der Waals surface area (Å²) in [5, 5.41) is 0. The van der Waals surface area contributed by atoms with E-state index in [0.717, 1.165) is 25.7 Å². The lowest BCUT2D eigenvalue weighted by Gasteiger charge is -2.39. The first-order chi connectivity index (χ1) is 12.4. The van der Waals surface area contributed by atoms with Crippen LogP contribution in [0, 0.1) is 21.7 Å². The smallest absolute Gasteiger partial charge is 0.00865 e. The molecule has 0 nitrogen and oxygen atoms in total. The monoisotopic (exact) mass is 386 g/mol. The quantitative estimate of drug-likeness (QED) is 0.310. The lowest BCUT2D eigenvalue weighted by atomic mass is 9.65. The maximum atomic E-state index is 3.92. The Morgan fingerprint density at radius 2 is 1.00 bits per heavy atom. The molecule has 0 spiro atoms. The van der Waals surface area contributed by atoms with Crippen molar-refractivity contribution in [3.05, 3.63) is 47.6 Å². The summed E-state index contributed by atoms with van der Waals surface area (Å²) >= 11 is 0. The van der Waals surface area contributed by atoms with E-state index in [9.17, 15) is 0 Å². The Morgan fingerprint density at radius 3 is 1.32 bits per heavy atom. The maximum absolute atomic E-state index is 3.92. The highest BCUT2D eigenvalue weighted by molar-refractivity contribution is 5.18. The molecule has 0 radical (unpaired) electrons. The van der Waals surface area contributed by atoms with Crippen molar-refractivity contribution in [1.29, 1.82) is 0 Å². The average molecular weight is 387 g/mol. The summed E-state index contributed by atoms with van der Waals surface area (Å²) in [6, 6.07) is 0. The third-order valence-corrected chi connectivity index (χ3v) is 6.15. The Labute approximate surface area is 178 Å². The van der Waals surface area contributed by atoms with E-state index in [4.69, 9.17) is 0 Å². The highest BCUT2D eigenvalue weighted by Crippen LogP contribution is 2.44. The van der Waals surface area contributed by atoms with Gasteiger partial charge in [0.15, 0.2) is 0 Å². The number of rotatable bonds is 11. The van der Waals surface area contributed by atoms with Gasteiger partial charge in [-0.1, -0.05) is 96.4 Å². The standard InChI is InChI=1S/C28H50/c1-14-16-25(6,7)18-23(4)20-27(10,11)28(12,13)21-24(5)19-26(8,9)17-15-22(2)3/h14-15,20-21H,1,16-19H2,2-13H3. The molecular formula is C28H50. The van der Waals surface area contributed by atoms with Gasteiger partial charge in [0.25, 0.3) is 0 Å². The van der Waals surface area contributed by atoms with Crippen LogP contribution in [0.1, 0.15) is 109 Å². The minimum absolute atomic E-state index is 0.104. The maximum Gasteiger partial charge on any atom is -0.00865 e. The fourth-order valence-electron chi connectivity index (χ4n) is 4.23. The van der Waals surface area contributed by atoms with Gasteiger partial charge in [0.2, 0.25) is 0 Å². The van der Waals surface area contributed by atoms with Crippen LogP contribution in [0.15, 0.2) is 47.6 Å². The van der Waals surface area contributed by atoms with Gasteiger partial charge in [-0.15, -0.1) is 6.58 Å². The molecule has 0 rings (SSSR count). The van der Waals surface area contributed by atoms with Crippen molar-refractivity contribution in [2.24, 2.45) is 21.7 Å². The molecule has 0 heterocycles. The van der Waals surface area contributed by atoms with Gasteiger partial charge in [-0.25, -0.2) is 0 Å². The van der Waals surface area contributed by atoms with Crippen molar-refractivity contribution >= 4 is 0 Å². The first-order valence-electron chi connectivity index (χ1n) is 11.0. The molecule has 0 unspecified atom stereocenters. The predicted octanol–water partition coefficient (Wildman–Crippen LogP) is 9.70. The predicted molar refractivity (Wildman–Crippen MR) is 131 cm³/mol. The van der Waals surface area contributed by atoms with Gasteiger partial charge < -0.3 is 0 Å². The summed E-state index contributed by atoms with van der Waals surface area (Å²) in [6.07, 6.45) is 13.9. The van der Waals surface area contributed by atoms with Crippen LogP contribution in [0.5, 0.6) is 0 Å². The minimum Gasteiger partial charge on any atom is -0.103 e. The second kappa shape index (κ2) is 10.1. The lowest BCUT2D eigenvalue weighted by Crippen LogP contribution is -2.30. The van der Waals surface area contributed by atoms with Gasteiger partial charge in [-0.05, 0) is 75.0 Å². The van der Waals surface area contributed by atoms with Crippen molar-refractivity contribution in [2.45, 2.75) is 109 Å². The number of allylic oxidation sites excluding steroid dienone is 7. The Bertz CT molecular complexity index is 596. The molecule has 0 heteroatoms. The lowest BCUT2D eigenvalue weighted by molar-refractivity contribution is 0.226. The van der Waals surface area contributed by atoms with Crippen LogP contribution in [0.4, 0.5) is 0 Å². The van der Waals surface area contributed by atoms with Crippen molar-refractivity contribution in [1.82, 2.24) is 0 Å². The topological polar surface area (TPSA) is 0 Å². The van der Waals surface area contributed by atoms with Gasteiger partial charge >= 0.3 is 0 Å². The van der Waals surface area contributed by atoms with E-state index in [1.54, 1.807) is 0 Å². The molecule has 0 saturated carbocycles. The minimum atomic E-state index is 0.104. The molecule has 0 bridgehead atoms. The highest BCUT2D eigenvalue weighted by atomic mass is 14.4. The third kappa shape index (κ3) is 9.94. The van der Waals surface area contributed by atoms with E-state index in [2.05, 4.69) is 108 Å². The van der Waals surface area contributed by atoms with Crippen LogP contribution >= 0.6 is 0 Å². The van der Waals surface area contributed by atoms with Crippen LogP contribution in [0.2, 0.25) is 0 Å². The van der Waals surface area contributed by atoms with E-state index < -0.39 is 0 Å². The SMILES string of the molecule is C=CCC(C)(C)CC(C)=CC(C)(C)C(C)(C)C=C(C)CC(C)(C)CC=C(C)C. The normalized spacial score (nSPS) is 14.9. The molecule has 0 aliphatic carbocycles. The second-order valence-corrected chi connectivity index (χ2v) is 12.1. The molecular weight excluding hydrogens is 336 g/mol. The second-order valence-electron chi connectivity index (χ2n) is 12.1. The number of hydrogen-bond acceptors (Lipinski definition) is 0. The molecule has 0 aromatic carbocycles. The van der Waals surface area contributed by atoms with Crippen LogP contribution in [0.3, 0.4) is 0 Å². The summed E-state index contributed by atoms with van der Waals surface area (Å²) < 4.78 is 0. The molecule has 0 saturated heterocycles. The summed E-state index contributed by atoms with van der Waals surface area (Å²) in [4.78, 5) is 0. The summed E-state index contributed by atoms with van der Waals surface area (Å²) in [7, 11) is 0. The van der Waals surface area contributed by atoms with E-state index in [-0.39, 0.29) is 16.2 Å². The molecule has 0 aromatic heterocycles. The zero-order valence-electron chi connectivity index (χ0n) is 21.3. The van der Waals surface area contributed by atoms with E-state index in [0.29, 0.717) is 5.41 Å². The zero-order valence-corrected chi connectivity index (χ0v) is 21.3. The molecule has 0 amide bonds. The Morgan fingerprint density at radius 1 is 0.643 bits per heavy atom. The third-order valence-electron chi connectivity index (χ3n) is 6.15. The van der Waals surface area contributed by atoms with Crippen LogP contribution < -0.4 is 0 Å². The van der Waals surface area contributed by atoms with Gasteiger partial charge in [-0.2, -0.15) is 0 Å². The first-order valence-corrected chi connectivity index (χ1v) is 11.0. The van der Waals surface area contributed by atoms with Gasteiger partial charge in [0.05, 0.1) is 0 Å². The van der Waals surface area contributed by atoms with Crippen molar-refractivity contribution in [2.75, 3.05) is 0 Å². The number of hydrogen-bond donors (Lipinski definition) is 0. The Hall–Kier alpha value is -1.04. The van der Waals surface area contributed by atoms with Crippen molar-refractivity contribution in [3.8, 4) is 0 Å². The van der Waals surface area contributed by atoms with E-state index in [1.165, 1.54) is 16.7 Å². The van der Waals surface area contributed by atoms with E-state index >= 15 is 0 Å². The highest BCUT2D eigenvalue weighted by Gasteiger charge is 2.34. The van der Waals surface area contributed by atoms with Crippen LogP contribution in [-0.2, 0) is 0 Å². The van der Waals surface area contributed by atoms with Crippen molar-refractivity contribution in [3.63, 3.8) is 0 Å². The van der Waals surface area contributed by atoms with Gasteiger partial charge in [0, 0.05) is 0 Å². The molecule has 0 aliphatic heterocycles. The van der Waals surface area contributed by atoms with Crippen LogP contribution in [-0.4, -0.2) is 0 Å². The molecule has 28 heavy (non-hydrogen) atoms. The summed E-state index contributed by atoms with van der Waals surface area (Å²) in [5.41, 5.74) is 5.20. The fourth-order valence-corrected chi connectivity index (χ4v) is 4.23. The van der Waals surface area contributed by atoms with Gasteiger partial charge in [-0.3, -0.25) is 0 Å². The molecule has 162 valence electrons. The van der Waals surface area contributed by atoms with Crippen molar-refractivity contribution < 1.29 is 0 Å². The van der Waals surface area contributed by atoms with E-state index in [1.807, 2.05) is 6.08 Å². The summed E-state index contributed by atoms with van der Waals surface area (Å²) in [5.74, 6) is 0. The molecule has 0 N–H and O–H groups in total.